The van der Waals surface area contributed by atoms with Gasteiger partial charge in [-0.25, -0.2) is 4.98 Å². The fourth-order valence-electron chi connectivity index (χ4n) is 1.20. The van der Waals surface area contributed by atoms with Crippen LogP contribution in [0.1, 0.15) is 45.2 Å². The molecule has 0 N–H and O–H groups in total. The molecule has 1 aromatic rings. The van der Waals surface area contributed by atoms with Crippen molar-refractivity contribution >= 4 is 5.78 Å². The van der Waals surface area contributed by atoms with Crippen molar-refractivity contribution in [2.24, 2.45) is 17.9 Å². The number of hydrogen-bond donors (Lipinski definition) is 0. The zero-order valence-electron chi connectivity index (χ0n) is 10.5. The Morgan fingerprint density at radius 2 is 1.80 bits per heavy atom. The van der Waals surface area contributed by atoms with Gasteiger partial charge >= 0.3 is 0 Å². The van der Waals surface area contributed by atoms with Crippen LogP contribution < -0.4 is 0 Å². The molecule has 1 rings (SSSR count). The minimum atomic E-state index is -0.411. The first-order chi connectivity index (χ1) is 6.68. The Morgan fingerprint density at radius 1 is 1.27 bits per heavy atom. The SMILES string of the molecule is Cn1ccnc1C(=O)C(C)(C)C(C)(C)C. The second kappa shape index (κ2) is 3.47. The van der Waals surface area contributed by atoms with Crippen LogP contribution in [0, 0.1) is 10.8 Å². The number of hydrogen-bond acceptors (Lipinski definition) is 2. The summed E-state index contributed by atoms with van der Waals surface area (Å²) in [5.41, 5.74) is -0.484. The molecule has 0 amide bonds. The van der Waals surface area contributed by atoms with Crippen LogP contribution in [-0.2, 0) is 7.05 Å². The van der Waals surface area contributed by atoms with Crippen LogP contribution >= 0.6 is 0 Å². The molecule has 3 nitrogen and oxygen atoms in total. The molecule has 0 spiro atoms. The van der Waals surface area contributed by atoms with Crippen LogP contribution in [0.3, 0.4) is 0 Å². The summed E-state index contributed by atoms with van der Waals surface area (Å²) < 4.78 is 1.77. The monoisotopic (exact) mass is 208 g/mol. The molecule has 3 heteroatoms. The van der Waals surface area contributed by atoms with Crippen LogP contribution in [0.25, 0.3) is 0 Å². The predicted molar refractivity (Wildman–Crippen MR) is 60.8 cm³/mol. The van der Waals surface area contributed by atoms with Gasteiger partial charge in [0.2, 0.25) is 5.78 Å². The van der Waals surface area contributed by atoms with Crippen molar-refractivity contribution in [1.29, 1.82) is 0 Å². The summed E-state index contributed by atoms with van der Waals surface area (Å²) in [7, 11) is 1.85. The third kappa shape index (κ3) is 1.96. The van der Waals surface area contributed by atoms with Gasteiger partial charge in [0.25, 0.3) is 0 Å². The molecule has 0 aliphatic carbocycles. The van der Waals surface area contributed by atoms with Crippen molar-refractivity contribution in [1.82, 2.24) is 9.55 Å². The number of nitrogens with zero attached hydrogens (tertiary/aromatic N) is 2. The fraction of sp³-hybridized carbons (Fsp3) is 0.667. The van der Waals surface area contributed by atoms with Crippen molar-refractivity contribution < 1.29 is 4.79 Å². The van der Waals surface area contributed by atoms with E-state index < -0.39 is 5.41 Å². The second-order valence-corrected chi connectivity index (χ2v) is 5.57. The Kier molecular flexibility index (Phi) is 2.77. The summed E-state index contributed by atoms with van der Waals surface area (Å²) in [5, 5.41) is 0. The third-order valence-corrected chi connectivity index (χ3v) is 3.47. The number of aryl methyl sites for hydroxylation is 1. The molecule has 0 aliphatic rings. The van der Waals surface area contributed by atoms with Gasteiger partial charge in [-0.2, -0.15) is 0 Å². The van der Waals surface area contributed by atoms with E-state index in [0.29, 0.717) is 5.82 Å². The molecular weight excluding hydrogens is 188 g/mol. The van der Waals surface area contributed by atoms with E-state index in [4.69, 9.17) is 0 Å². The Bertz CT molecular complexity index is 369. The zero-order chi connectivity index (χ0) is 11.9. The largest absolute Gasteiger partial charge is 0.332 e. The van der Waals surface area contributed by atoms with Crippen LogP contribution in [0.4, 0.5) is 0 Å². The fourth-order valence-corrected chi connectivity index (χ4v) is 1.20. The first kappa shape index (κ1) is 12.0. The van der Waals surface area contributed by atoms with Crippen LogP contribution in [0.15, 0.2) is 12.4 Å². The van der Waals surface area contributed by atoms with E-state index in [1.54, 1.807) is 17.0 Å². The van der Waals surface area contributed by atoms with Gasteiger partial charge < -0.3 is 4.57 Å². The number of imidazole rings is 1. The highest BCUT2D eigenvalue weighted by molar-refractivity contribution is 5.97. The molecule has 0 unspecified atom stereocenters. The summed E-state index contributed by atoms with van der Waals surface area (Å²) in [5.74, 6) is 0.637. The maximum atomic E-state index is 12.3. The van der Waals surface area contributed by atoms with Crippen LogP contribution in [0.5, 0.6) is 0 Å². The summed E-state index contributed by atoms with van der Waals surface area (Å²) in [6, 6.07) is 0. The molecular formula is C12H20N2O. The lowest BCUT2D eigenvalue weighted by Gasteiger charge is -2.36. The molecule has 0 aromatic carbocycles. The molecule has 0 saturated heterocycles. The van der Waals surface area contributed by atoms with E-state index in [2.05, 4.69) is 25.8 Å². The van der Waals surface area contributed by atoms with Gasteiger partial charge in [0.1, 0.15) is 0 Å². The molecule has 0 bridgehead atoms. The van der Waals surface area contributed by atoms with Crippen molar-refractivity contribution in [2.75, 3.05) is 0 Å². The smallest absolute Gasteiger partial charge is 0.204 e. The van der Waals surface area contributed by atoms with Gasteiger partial charge in [0, 0.05) is 24.9 Å². The third-order valence-electron chi connectivity index (χ3n) is 3.47. The molecule has 84 valence electrons. The van der Waals surface area contributed by atoms with Gasteiger partial charge in [-0.15, -0.1) is 0 Å². The van der Waals surface area contributed by atoms with E-state index in [9.17, 15) is 4.79 Å². The molecule has 0 atom stereocenters. The van der Waals surface area contributed by atoms with Gasteiger partial charge in [0.15, 0.2) is 5.82 Å². The van der Waals surface area contributed by atoms with Crippen molar-refractivity contribution in [3.8, 4) is 0 Å². The zero-order valence-corrected chi connectivity index (χ0v) is 10.5. The van der Waals surface area contributed by atoms with Gasteiger partial charge in [-0.1, -0.05) is 34.6 Å². The average molecular weight is 208 g/mol. The highest BCUT2D eigenvalue weighted by Crippen LogP contribution is 2.40. The van der Waals surface area contributed by atoms with Crippen LogP contribution in [-0.4, -0.2) is 15.3 Å². The highest BCUT2D eigenvalue weighted by atomic mass is 16.1. The molecule has 1 aromatic heterocycles. The molecule has 0 radical (unpaired) electrons. The topological polar surface area (TPSA) is 34.9 Å². The van der Waals surface area contributed by atoms with E-state index in [0.717, 1.165) is 0 Å². The Balaban J connectivity index is 3.11. The maximum absolute atomic E-state index is 12.3. The minimum absolute atomic E-state index is 0.0734. The van der Waals surface area contributed by atoms with Crippen molar-refractivity contribution in [3.05, 3.63) is 18.2 Å². The number of rotatable bonds is 2. The lowest BCUT2D eigenvalue weighted by Crippen LogP contribution is -2.38. The average Bonchev–Trinajstić information content (AvgIpc) is 2.48. The number of aromatic nitrogens is 2. The minimum Gasteiger partial charge on any atom is -0.332 e. The second-order valence-electron chi connectivity index (χ2n) is 5.57. The molecule has 0 aliphatic heterocycles. The summed E-state index contributed by atoms with van der Waals surface area (Å²) in [4.78, 5) is 16.4. The molecule has 0 fully saturated rings. The predicted octanol–water partition coefficient (Wildman–Crippen LogP) is 2.68. The van der Waals surface area contributed by atoms with E-state index in [1.165, 1.54) is 0 Å². The van der Waals surface area contributed by atoms with Crippen molar-refractivity contribution in [2.45, 2.75) is 34.6 Å². The normalized spacial score (nSPS) is 12.9. The van der Waals surface area contributed by atoms with E-state index in [-0.39, 0.29) is 11.2 Å². The molecule has 15 heavy (non-hydrogen) atoms. The van der Waals surface area contributed by atoms with Gasteiger partial charge in [0.05, 0.1) is 0 Å². The number of Topliss-reactive ketones (excluding diaryl/α,β-unsaturated/α-hetero) is 1. The lowest BCUT2D eigenvalue weighted by atomic mass is 9.66. The quantitative estimate of drug-likeness (QED) is 0.700. The Hall–Kier alpha value is -1.12. The van der Waals surface area contributed by atoms with Gasteiger partial charge in [-0.3, -0.25) is 4.79 Å². The van der Waals surface area contributed by atoms with E-state index in [1.807, 2.05) is 20.9 Å². The van der Waals surface area contributed by atoms with E-state index >= 15 is 0 Å². The summed E-state index contributed by atoms with van der Waals surface area (Å²) in [6.45, 7) is 10.2. The van der Waals surface area contributed by atoms with Gasteiger partial charge in [-0.05, 0) is 5.41 Å². The summed E-state index contributed by atoms with van der Waals surface area (Å²) >= 11 is 0. The maximum Gasteiger partial charge on any atom is 0.204 e. The number of ketones is 1. The Morgan fingerprint density at radius 3 is 2.13 bits per heavy atom. The standard InChI is InChI=1S/C12H20N2O/c1-11(2,3)12(4,5)9(15)10-13-7-8-14(10)6/h7-8H,1-6H3. The number of carbonyl (C=O) groups is 1. The molecule has 0 saturated carbocycles. The van der Waals surface area contributed by atoms with Crippen LogP contribution in [0.2, 0.25) is 0 Å². The number of carbonyl (C=O) groups excluding carboxylic acids is 1. The lowest BCUT2D eigenvalue weighted by molar-refractivity contribution is 0.0610. The highest BCUT2D eigenvalue weighted by Gasteiger charge is 2.41. The Labute approximate surface area is 91.5 Å². The first-order valence-corrected chi connectivity index (χ1v) is 5.20. The molecule has 1 heterocycles. The summed E-state index contributed by atoms with van der Waals surface area (Å²) in [6.07, 6.45) is 3.46. The van der Waals surface area contributed by atoms with Crippen molar-refractivity contribution in [3.63, 3.8) is 0 Å². The first-order valence-electron chi connectivity index (χ1n) is 5.20.